The lowest BCUT2D eigenvalue weighted by Gasteiger charge is -2.29. The molecule has 0 saturated heterocycles. The Balaban J connectivity index is 1.66. The highest BCUT2D eigenvalue weighted by atomic mass is 19.1. The summed E-state index contributed by atoms with van der Waals surface area (Å²) >= 11 is 0. The third-order valence-corrected chi connectivity index (χ3v) is 8.09. The predicted molar refractivity (Wildman–Crippen MR) is 168 cm³/mol. The van der Waals surface area contributed by atoms with Crippen molar-refractivity contribution in [2.45, 2.75) is 59.2 Å². The molecule has 0 amide bonds. The number of halogens is 1. The summed E-state index contributed by atoms with van der Waals surface area (Å²) in [6.45, 7) is 9.51. The van der Waals surface area contributed by atoms with Crippen molar-refractivity contribution in [1.82, 2.24) is 24.5 Å². The molecule has 2 N–H and O–H groups in total. The van der Waals surface area contributed by atoms with Gasteiger partial charge in [-0.3, -0.25) is 4.98 Å². The quantitative estimate of drug-likeness (QED) is 0.236. The highest BCUT2D eigenvalue weighted by Crippen LogP contribution is 2.45. The van der Waals surface area contributed by atoms with E-state index in [0.717, 1.165) is 28.8 Å². The minimum Gasteiger partial charge on any atom is -0.490 e. The predicted octanol–water partition coefficient (Wildman–Crippen LogP) is 6.07. The number of pyridine rings is 2. The Bertz CT molecular complexity index is 2020. The molecule has 0 unspecified atom stereocenters. The zero-order valence-electron chi connectivity index (χ0n) is 26.0. The monoisotopic (exact) mass is 611 g/mol. The van der Waals surface area contributed by atoms with Crippen molar-refractivity contribution in [1.29, 1.82) is 0 Å². The van der Waals surface area contributed by atoms with Gasteiger partial charge in [-0.1, -0.05) is 0 Å². The van der Waals surface area contributed by atoms with Gasteiger partial charge in [-0.25, -0.2) is 23.9 Å². The maximum absolute atomic E-state index is 15.7. The maximum atomic E-state index is 15.7. The van der Waals surface area contributed by atoms with Gasteiger partial charge in [0.15, 0.2) is 17.7 Å². The number of aryl methyl sites for hydroxylation is 2. The van der Waals surface area contributed by atoms with Crippen LogP contribution in [0.4, 0.5) is 4.39 Å². The van der Waals surface area contributed by atoms with Crippen molar-refractivity contribution in [2.75, 3.05) is 6.61 Å². The number of benzene rings is 1. The summed E-state index contributed by atoms with van der Waals surface area (Å²) in [5.41, 5.74) is 5.72. The molecule has 5 aromatic rings. The van der Waals surface area contributed by atoms with Gasteiger partial charge in [0.1, 0.15) is 5.65 Å². The van der Waals surface area contributed by atoms with E-state index in [-0.39, 0.29) is 5.75 Å². The van der Waals surface area contributed by atoms with E-state index in [0.29, 0.717) is 57.7 Å². The van der Waals surface area contributed by atoms with Crippen LogP contribution in [0.25, 0.3) is 44.7 Å². The number of carbonyl (C=O) groups is 1. The molecule has 1 aliphatic rings. The van der Waals surface area contributed by atoms with Crippen LogP contribution < -0.4 is 10.4 Å². The zero-order valence-corrected chi connectivity index (χ0v) is 26.0. The van der Waals surface area contributed by atoms with E-state index in [1.54, 1.807) is 40.1 Å². The van der Waals surface area contributed by atoms with Gasteiger partial charge in [0, 0.05) is 64.5 Å². The molecule has 0 fully saturated rings. The Morgan fingerprint density at radius 1 is 1.18 bits per heavy atom. The smallest absolute Gasteiger partial charge is 0.344 e. The number of rotatable bonds is 6. The van der Waals surface area contributed by atoms with Crippen LogP contribution in [-0.2, 0) is 23.0 Å². The summed E-state index contributed by atoms with van der Waals surface area (Å²) in [7, 11) is 1.88. The van der Waals surface area contributed by atoms with Crippen molar-refractivity contribution in [3.05, 3.63) is 81.5 Å². The first-order valence-corrected chi connectivity index (χ1v) is 14.7. The molecular formula is C34H34FN5O5. The third kappa shape index (κ3) is 5.48. The number of H-pyrrole nitrogens is 1. The molecule has 0 spiro atoms. The average molecular weight is 612 g/mol. The maximum Gasteiger partial charge on any atom is 0.344 e. The molecule has 11 heteroatoms. The van der Waals surface area contributed by atoms with Crippen molar-refractivity contribution in [2.24, 2.45) is 7.05 Å². The largest absolute Gasteiger partial charge is 0.490 e. The number of nitrogens with zero attached hydrogens (tertiary/aromatic N) is 4. The summed E-state index contributed by atoms with van der Waals surface area (Å²) in [5, 5.41) is 11.1. The fourth-order valence-electron chi connectivity index (χ4n) is 6.08. The van der Waals surface area contributed by atoms with Gasteiger partial charge in [-0.05, 0) is 82.9 Å². The van der Waals surface area contributed by atoms with Crippen molar-refractivity contribution >= 4 is 17.0 Å². The van der Waals surface area contributed by atoms with E-state index >= 15 is 4.39 Å². The molecule has 232 valence electrons. The van der Waals surface area contributed by atoms with Crippen LogP contribution in [-0.4, -0.2) is 47.8 Å². The number of aliphatic carboxylic acids is 1. The molecular weight excluding hydrogens is 577 g/mol. The zero-order chi connectivity index (χ0) is 32.2. The van der Waals surface area contributed by atoms with Crippen LogP contribution in [0.2, 0.25) is 0 Å². The van der Waals surface area contributed by atoms with Gasteiger partial charge in [0.2, 0.25) is 0 Å². The lowest BCUT2D eigenvalue weighted by atomic mass is 9.86. The highest BCUT2D eigenvalue weighted by Gasteiger charge is 2.34. The standard InChI is InChI=1S/C34H34FN5O5/c1-17-21-8-7-11-44-29(21)24(35)13-22(17)28-23-14-26(19-9-10-36-25(12-19)20-15-37-33(43)38-16-20)40(6)31(23)39-18(2)27(28)30(32(41)42)45-34(3,4)5/h9-10,12-16,30H,7-8,11H2,1-6H3,(H,41,42)(H,37,38,43)/t30-/m0/s1. The Labute approximate surface area is 258 Å². The summed E-state index contributed by atoms with van der Waals surface area (Å²) < 4.78 is 29.5. The first-order chi connectivity index (χ1) is 21.3. The Morgan fingerprint density at radius 3 is 2.64 bits per heavy atom. The van der Waals surface area contributed by atoms with Crippen LogP contribution in [0.3, 0.4) is 0 Å². The van der Waals surface area contributed by atoms with Crippen molar-refractivity contribution < 1.29 is 23.8 Å². The minimum absolute atomic E-state index is 0.251. The van der Waals surface area contributed by atoms with Gasteiger partial charge in [-0.2, -0.15) is 0 Å². The molecule has 1 aliphatic heterocycles. The lowest BCUT2D eigenvalue weighted by Crippen LogP contribution is -2.28. The van der Waals surface area contributed by atoms with Crippen LogP contribution in [0, 0.1) is 19.7 Å². The number of aromatic amines is 1. The van der Waals surface area contributed by atoms with Crippen LogP contribution in [0.1, 0.15) is 55.7 Å². The van der Waals surface area contributed by atoms with Crippen molar-refractivity contribution in [3.63, 3.8) is 0 Å². The molecule has 10 nitrogen and oxygen atoms in total. The molecule has 6 rings (SSSR count). The number of fused-ring (bicyclic) bond motifs is 2. The number of hydrogen-bond donors (Lipinski definition) is 2. The summed E-state index contributed by atoms with van der Waals surface area (Å²) in [4.78, 5) is 40.1. The topological polar surface area (TPSA) is 132 Å². The first-order valence-electron chi connectivity index (χ1n) is 14.7. The average Bonchev–Trinajstić information content (AvgIpc) is 3.33. The number of carboxylic acid groups (broad SMARTS) is 1. The molecule has 4 aromatic heterocycles. The Hall–Kier alpha value is -4.90. The molecule has 45 heavy (non-hydrogen) atoms. The second-order valence-corrected chi connectivity index (χ2v) is 12.3. The van der Waals surface area contributed by atoms with Gasteiger partial charge in [0.05, 0.1) is 23.6 Å². The fraction of sp³-hybridized carbons (Fsp3) is 0.324. The molecule has 5 heterocycles. The van der Waals surface area contributed by atoms with Crippen molar-refractivity contribution in [3.8, 4) is 39.4 Å². The van der Waals surface area contributed by atoms with Gasteiger partial charge in [-0.15, -0.1) is 0 Å². The Morgan fingerprint density at radius 2 is 1.96 bits per heavy atom. The van der Waals surface area contributed by atoms with E-state index in [1.807, 2.05) is 36.7 Å². The molecule has 1 atom stereocenters. The molecule has 0 radical (unpaired) electrons. The molecule has 0 saturated carbocycles. The first kappa shape index (κ1) is 30.1. The molecule has 1 aromatic carbocycles. The number of nitrogens with one attached hydrogen (secondary N) is 1. The van der Waals surface area contributed by atoms with Gasteiger partial charge >= 0.3 is 11.7 Å². The highest BCUT2D eigenvalue weighted by molar-refractivity contribution is 6.01. The second-order valence-electron chi connectivity index (χ2n) is 12.3. The third-order valence-electron chi connectivity index (χ3n) is 8.09. The summed E-state index contributed by atoms with van der Waals surface area (Å²) in [6.07, 6.45) is 4.71. The normalized spacial score (nSPS) is 13.8. The number of aromatic nitrogens is 5. The number of ether oxygens (including phenoxy) is 2. The van der Waals surface area contributed by atoms with E-state index in [9.17, 15) is 14.7 Å². The molecule has 0 bridgehead atoms. The van der Waals surface area contributed by atoms with Crippen LogP contribution in [0.15, 0.2) is 47.7 Å². The van der Waals surface area contributed by atoms with E-state index < -0.39 is 29.2 Å². The minimum atomic E-state index is -1.37. The van der Waals surface area contributed by atoms with E-state index in [4.69, 9.17) is 14.5 Å². The van der Waals surface area contributed by atoms with E-state index in [2.05, 4.69) is 15.0 Å². The molecule has 0 aliphatic carbocycles. The second kappa shape index (κ2) is 11.2. The van der Waals surface area contributed by atoms with Crippen LogP contribution >= 0.6 is 0 Å². The summed E-state index contributed by atoms with van der Waals surface area (Å²) in [5.74, 6) is -1.41. The lowest BCUT2D eigenvalue weighted by molar-refractivity contribution is -0.160. The van der Waals surface area contributed by atoms with Gasteiger partial charge < -0.3 is 24.1 Å². The number of carboxylic acids is 1. The van der Waals surface area contributed by atoms with E-state index in [1.165, 1.54) is 12.3 Å². The number of hydrogen-bond acceptors (Lipinski definition) is 7. The SMILES string of the molecule is Cc1nc2c(cc(-c3ccnc(-c4cnc(=O)[nH]c4)c3)n2C)c(-c2cc(F)c3c(c2C)CCCO3)c1[C@H](OC(C)(C)C)C(=O)O. The van der Waals surface area contributed by atoms with Gasteiger partial charge in [0.25, 0.3) is 0 Å². The Kier molecular flexibility index (Phi) is 7.52. The fourth-order valence-corrected chi connectivity index (χ4v) is 6.08. The summed E-state index contributed by atoms with van der Waals surface area (Å²) in [6, 6.07) is 7.11. The van der Waals surface area contributed by atoms with Crippen LogP contribution in [0.5, 0.6) is 5.75 Å².